The Morgan fingerprint density at radius 2 is 1.93 bits per heavy atom. The molecule has 0 saturated heterocycles. The highest BCUT2D eigenvalue weighted by atomic mass is 16.2. The van der Waals surface area contributed by atoms with Crippen LogP contribution >= 0.6 is 0 Å². The lowest BCUT2D eigenvalue weighted by atomic mass is 10.2. The minimum absolute atomic E-state index is 0.0138. The fourth-order valence-corrected chi connectivity index (χ4v) is 2.80. The first-order valence-corrected chi connectivity index (χ1v) is 8.89. The maximum absolute atomic E-state index is 12.9. The first-order chi connectivity index (χ1) is 13.0. The number of likely N-dealkylation sites (N-methyl/N-ethyl adjacent to an activating group) is 1. The van der Waals surface area contributed by atoms with Crippen LogP contribution in [0, 0.1) is 0 Å². The summed E-state index contributed by atoms with van der Waals surface area (Å²) < 4.78 is 1.67. The lowest BCUT2D eigenvalue weighted by Crippen LogP contribution is -2.31. The number of nitrogens with one attached hydrogen (secondary N) is 1. The molecule has 1 N–H and O–H groups in total. The van der Waals surface area contributed by atoms with Gasteiger partial charge in [0.05, 0.1) is 5.52 Å². The van der Waals surface area contributed by atoms with Crippen LogP contribution in [-0.2, 0) is 6.42 Å². The van der Waals surface area contributed by atoms with E-state index in [4.69, 9.17) is 0 Å². The number of fused-ring (bicyclic) bond motifs is 1. The summed E-state index contributed by atoms with van der Waals surface area (Å²) in [6, 6.07) is 9.27. The van der Waals surface area contributed by atoms with Crippen LogP contribution in [0.15, 0.2) is 48.9 Å². The molecule has 0 aliphatic heterocycles. The zero-order valence-electron chi connectivity index (χ0n) is 15.7. The number of carbonyl (C=O) groups is 2. The third-order valence-corrected chi connectivity index (χ3v) is 4.21. The Bertz CT molecular complexity index is 949. The first-order valence-electron chi connectivity index (χ1n) is 8.89. The SMILES string of the molecule is CC(C)NC(=O)c1nc(C(=O)N(C)CCc2ccncc2)n2ccccc12. The van der Waals surface area contributed by atoms with E-state index in [2.05, 4.69) is 15.3 Å². The molecule has 0 aliphatic carbocycles. The maximum atomic E-state index is 12.9. The van der Waals surface area contributed by atoms with E-state index in [1.165, 1.54) is 0 Å². The molecular formula is C20H23N5O2. The van der Waals surface area contributed by atoms with Crippen molar-refractivity contribution in [1.29, 1.82) is 0 Å². The van der Waals surface area contributed by atoms with Crippen LogP contribution in [-0.4, -0.2) is 50.7 Å². The zero-order chi connectivity index (χ0) is 19.4. The molecular weight excluding hydrogens is 342 g/mol. The quantitative estimate of drug-likeness (QED) is 0.726. The van der Waals surface area contributed by atoms with Crippen molar-refractivity contribution in [2.45, 2.75) is 26.3 Å². The van der Waals surface area contributed by atoms with Crippen LogP contribution in [0.25, 0.3) is 5.52 Å². The van der Waals surface area contributed by atoms with E-state index in [-0.39, 0.29) is 29.4 Å². The van der Waals surface area contributed by atoms with Crippen LogP contribution in [0.1, 0.15) is 40.5 Å². The fourth-order valence-electron chi connectivity index (χ4n) is 2.80. The van der Waals surface area contributed by atoms with Crippen molar-refractivity contribution < 1.29 is 9.59 Å². The van der Waals surface area contributed by atoms with Crippen molar-refractivity contribution >= 4 is 17.3 Å². The smallest absolute Gasteiger partial charge is 0.290 e. The van der Waals surface area contributed by atoms with Gasteiger partial charge in [-0.1, -0.05) is 6.07 Å². The lowest BCUT2D eigenvalue weighted by Gasteiger charge is -2.16. The molecule has 0 atom stereocenters. The number of rotatable bonds is 6. The third kappa shape index (κ3) is 4.13. The van der Waals surface area contributed by atoms with Gasteiger partial charge in [-0.25, -0.2) is 4.98 Å². The molecule has 0 bridgehead atoms. The molecule has 0 radical (unpaired) electrons. The number of imidazole rings is 1. The summed E-state index contributed by atoms with van der Waals surface area (Å²) in [4.78, 5) is 35.4. The van der Waals surface area contributed by atoms with E-state index in [9.17, 15) is 9.59 Å². The number of nitrogens with zero attached hydrogens (tertiary/aromatic N) is 4. The average molecular weight is 365 g/mol. The van der Waals surface area contributed by atoms with Crippen LogP contribution in [0.5, 0.6) is 0 Å². The predicted molar refractivity (Wildman–Crippen MR) is 103 cm³/mol. The van der Waals surface area contributed by atoms with E-state index in [0.29, 0.717) is 12.1 Å². The summed E-state index contributed by atoms with van der Waals surface area (Å²) in [5.41, 5.74) is 1.98. The van der Waals surface area contributed by atoms with E-state index >= 15 is 0 Å². The van der Waals surface area contributed by atoms with Crippen LogP contribution < -0.4 is 5.32 Å². The molecule has 0 spiro atoms. The number of pyridine rings is 2. The summed E-state index contributed by atoms with van der Waals surface area (Å²) in [6.07, 6.45) is 5.94. The highest BCUT2D eigenvalue weighted by Crippen LogP contribution is 2.15. The summed E-state index contributed by atoms with van der Waals surface area (Å²) in [5, 5.41) is 2.83. The normalized spacial score (nSPS) is 11.0. The molecule has 0 fully saturated rings. The van der Waals surface area contributed by atoms with Crippen molar-refractivity contribution in [2.24, 2.45) is 0 Å². The molecule has 0 aliphatic rings. The van der Waals surface area contributed by atoms with E-state index in [1.54, 1.807) is 41.0 Å². The second-order valence-electron chi connectivity index (χ2n) is 6.70. The minimum Gasteiger partial charge on any atom is -0.348 e. The van der Waals surface area contributed by atoms with Gasteiger partial charge in [0.2, 0.25) is 5.82 Å². The fraction of sp³-hybridized carbons (Fsp3) is 0.300. The third-order valence-electron chi connectivity index (χ3n) is 4.21. The Morgan fingerprint density at radius 1 is 1.19 bits per heavy atom. The second kappa shape index (κ2) is 7.99. The van der Waals surface area contributed by atoms with Crippen molar-refractivity contribution in [3.8, 4) is 0 Å². The minimum atomic E-state index is -0.285. The molecule has 0 aromatic carbocycles. The molecule has 0 unspecified atom stereocenters. The zero-order valence-corrected chi connectivity index (χ0v) is 15.7. The molecule has 3 rings (SSSR count). The van der Waals surface area contributed by atoms with Crippen LogP contribution in [0.3, 0.4) is 0 Å². The Labute approximate surface area is 158 Å². The summed E-state index contributed by atoms with van der Waals surface area (Å²) in [6.45, 7) is 4.31. The monoisotopic (exact) mass is 365 g/mol. The Balaban J connectivity index is 1.84. The number of hydrogen-bond acceptors (Lipinski definition) is 4. The van der Waals surface area contributed by atoms with Gasteiger partial charge in [0.1, 0.15) is 0 Å². The van der Waals surface area contributed by atoms with Gasteiger partial charge in [-0.05, 0) is 50.1 Å². The highest BCUT2D eigenvalue weighted by Gasteiger charge is 2.23. The van der Waals surface area contributed by atoms with Gasteiger partial charge in [0.25, 0.3) is 11.8 Å². The van der Waals surface area contributed by atoms with Gasteiger partial charge < -0.3 is 10.2 Å². The summed E-state index contributed by atoms with van der Waals surface area (Å²) in [5.74, 6) is -0.280. The predicted octanol–water partition coefficient (Wildman–Crippen LogP) is 2.18. The molecule has 2 amide bonds. The molecule has 0 saturated carbocycles. The molecule has 3 heterocycles. The Hall–Kier alpha value is -3.22. The van der Waals surface area contributed by atoms with Crippen molar-refractivity contribution in [3.05, 3.63) is 66.0 Å². The van der Waals surface area contributed by atoms with Crippen LogP contribution in [0.2, 0.25) is 0 Å². The van der Waals surface area contributed by atoms with Gasteiger partial charge in [-0.2, -0.15) is 0 Å². The van der Waals surface area contributed by atoms with Gasteiger partial charge in [0, 0.05) is 38.2 Å². The highest BCUT2D eigenvalue weighted by molar-refractivity contribution is 6.02. The first kappa shape index (κ1) is 18.6. The largest absolute Gasteiger partial charge is 0.348 e. The van der Waals surface area contributed by atoms with Gasteiger partial charge in [-0.3, -0.25) is 19.0 Å². The molecule has 7 heteroatoms. The number of carbonyl (C=O) groups excluding carboxylic acids is 2. The molecule has 27 heavy (non-hydrogen) atoms. The summed E-state index contributed by atoms with van der Waals surface area (Å²) >= 11 is 0. The van der Waals surface area contributed by atoms with Gasteiger partial charge in [-0.15, -0.1) is 0 Å². The Kier molecular flexibility index (Phi) is 5.49. The molecule has 140 valence electrons. The van der Waals surface area contributed by atoms with E-state index in [0.717, 1.165) is 12.0 Å². The molecule has 3 aromatic heterocycles. The molecule has 7 nitrogen and oxygen atoms in total. The average Bonchev–Trinajstić information content (AvgIpc) is 3.05. The second-order valence-corrected chi connectivity index (χ2v) is 6.70. The Morgan fingerprint density at radius 3 is 2.63 bits per heavy atom. The van der Waals surface area contributed by atoms with E-state index < -0.39 is 0 Å². The van der Waals surface area contributed by atoms with Gasteiger partial charge >= 0.3 is 0 Å². The van der Waals surface area contributed by atoms with Crippen molar-refractivity contribution in [2.75, 3.05) is 13.6 Å². The topological polar surface area (TPSA) is 79.6 Å². The van der Waals surface area contributed by atoms with Crippen LogP contribution in [0.4, 0.5) is 0 Å². The number of amides is 2. The van der Waals surface area contributed by atoms with Crippen molar-refractivity contribution in [1.82, 2.24) is 24.6 Å². The number of aromatic nitrogens is 3. The lowest BCUT2D eigenvalue weighted by molar-refractivity contribution is 0.0784. The number of hydrogen-bond donors (Lipinski definition) is 1. The molecule has 3 aromatic rings. The maximum Gasteiger partial charge on any atom is 0.290 e. The van der Waals surface area contributed by atoms with Gasteiger partial charge in [0.15, 0.2) is 5.69 Å². The standard InChI is InChI=1S/C20H23N5O2/c1-14(2)22-19(26)17-16-6-4-5-12-25(16)18(23-17)20(27)24(3)13-9-15-7-10-21-11-8-15/h4-8,10-12,14H,9,13H2,1-3H3,(H,22,26). The summed E-state index contributed by atoms with van der Waals surface area (Å²) in [7, 11) is 1.74. The van der Waals surface area contributed by atoms with E-state index in [1.807, 2.05) is 38.1 Å². The van der Waals surface area contributed by atoms with Crippen molar-refractivity contribution in [3.63, 3.8) is 0 Å².